The van der Waals surface area contributed by atoms with Crippen LogP contribution in [0.2, 0.25) is 0 Å². The Kier molecular flexibility index (Phi) is 5.10. The lowest BCUT2D eigenvalue weighted by molar-refractivity contribution is 0.0706. The second-order valence-electron chi connectivity index (χ2n) is 8.23. The molecule has 2 saturated heterocycles. The maximum Gasteiger partial charge on any atom is 0.258 e. The highest BCUT2D eigenvalue weighted by Crippen LogP contribution is 2.43. The Hall–Kier alpha value is -3.35. The lowest BCUT2D eigenvalue weighted by atomic mass is 9.90. The van der Waals surface area contributed by atoms with E-state index in [2.05, 4.69) is 15.0 Å². The van der Waals surface area contributed by atoms with Gasteiger partial charge in [-0.3, -0.25) is 4.79 Å². The molecule has 3 atom stereocenters. The Morgan fingerprint density at radius 1 is 1.13 bits per heavy atom. The molecule has 31 heavy (non-hydrogen) atoms. The van der Waals surface area contributed by atoms with Gasteiger partial charge in [0.05, 0.1) is 12.2 Å². The Bertz CT molecular complexity index is 1090. The number of ether oxygens (including phenoxy) is 1. The van der Waals surface area contributed by atoms with Crippen molar-refractivity contribution in [2.75, 3.05) is 6.61 Å². The van der Waals surface area contributed by atoms with E-state index in [1.54, 1.807) is 36.8 Å². The Morgan fingerprint density at radius 3 is 2.74 bits per heavy atom. The van der Waals surface area contributed by atoms with Crippen molar-refractivity contribution in [2.24, 2.45) is 5.92 Å². The lowest BCUT2D eigenvalue weighted by Gasteiger charge is -2.25. The van der Waals surface area contributed by atoms with Crippen LogP contribution < -0.4 is 4.74 Å². The number of pyridine rings is 1. The molecule has 158 valence electrons. The third-order valence-corrected chi connectivity index (χ3v) is 6.26. The molecule has 0 radical (unpaired) electrons. The lowest BCUT2D eigenvalue weighted by Crippen LogP contribution is -2.38. The number of rotatable bonds is 5. The number of halogens is 1. The molecule has 2 fully saturated rings. The molecule has 3 aromatic rings. The first-order chi connectivity index (χ1) is 15.1. The van der Waals surface area contributed by atoms with Crippen molar-refractivity contribution in [1.82, 2.24) is 19.9 Å². The highest BCUT2D eigenvalue weighted by Gasteiger charge is 2.49. The average molecular weight is 418 g/mol. The van der Waals surface area contributed by atoms with Crippen LogP contribution in [0.25, 0.3) is 11.4 Å². The molecule has 5 rings (SSSR count). The minimum atomic E-state index is -0.544. The zero-order valence-corrected chi connectivity index (χ0v) is 17.2. The van der Waals surface area contributed by atoms with Gasteiger partial charge in [0.2, 0.25) is 5.88 Å². The molecule has 1 aromatic carbocycles. The quantitative estimate of drug-likeness (QED) is 0.625. The van der Waals surface area contributed by atoms with E-state index >= 15 is 0 Å². The number of aromatic nitrogens is 3. The summed E-state index contributed by atoms with van der Waals surface area (Å²) in [4.78, 5) is 28.2. The van der Waals surface area contributed by atoms with Gasteiger partial charge in [0.1, 0.15) is 5.82 Å². The topological polar surface area (TPSA) is 68.2 Å². The molecule has 0 saturated carbocycles. The van der Waals surface area contributed by atoms with Gasteiger partial charge in [-0.2, -0.15) is 0 Å². The van der Waals surface area contributed by atoms with Crippen LogP contribution in [0.4, 0.5) is 4.39 Å². The van der Waals surface area contributed by atoms with E-state index < -0.39 is 5.82 Å². The van der Waals surface area contributed by atoms with Gasteiger partial charge in [-0.05, 0) is 43.9 Å². The number of benzene rings is 1. The molecule has 2 bridgehead atoms. The Morgan fingerprint density at radius 2 is 1.97 bits per heavy atom. The molecule has 2 aliphatic rings. The van der Waals surface area contributed by atoms with Crippen molar-refractivity contribution in [3.63, 3.8) is 0 Å². The van der Waals surface area contributed by atoms with Crippen molar-refractivity contribution in [2.45, 2.75) is 38.3 Å². The van der Waals surface area contributed by atoms with Crippen LogP contribution in [-0.2, 0) is 0 Å². The summed E-state index contributed by atoms with van der Waals surface area (Å²) in [6.45, 7) is 2.47. The first kappa shape index (κ1) is 19.6. The van der Waals surface area contributed by atoms with E-state index in [0.717, 1.165) is 24.8 Å². The molecular formula is C24H23FN4O2. The third kappa shape index (κ3) is 3.65. The minimum Gasteiger partial charge on any atom is -0.477 e. The normalized spacial score (nSPS) is 22.0. The van der Waals surface area contributed by atoms with E-state index in [1.165, 1.54) is 6.07 Å². The molecule has 7 heteroatoms. The van der Waals surface area contributed by atoms with E-state index in [9.17, 15) is 9.18 Å². The van der Waals surface area contributed by atoms with Crippen LogP contribution in [0.1, 0.15) is 35.2 Å². The molecule has 1 amide bonds. The molecule has 2 aliphatic heterocycles. The zero-order valence-electron chi connectivity index (χ0n) is 17.2. The van der Waals surface area contributed by atoms with Crippen molar-refractivity contribution in [3.05, 3.63) is 71.9 Å². The van der Waals surface area contributed by atoms with Crippen LogP contribution >= 0.6 is 0 Å². The minimum absolute atomic E-state index is 0.0343. The number of hydrogen-bond acceptors (Lipinski definition) is 5. The molecular weight excluding hydrogens is 395 g/mol. The summed E-state index contributed by atoms with van der Waals surface area (Å²) in [5.74, 6) is 0.307. The van der Waals surface area contributed by atoms with E-state index in [-0.39, 0.29) is 29.5 Å². The maximum absolute atomic E-state index is 14.9. The fourth-order valence-electron chi connectivity index (χ4n) is 4.84. The van der Waals surface area contributed by atoms with E-state index in [1.807, 2.05) is 24.0 Å². The molecule has 0 spiro atoms. The summed E-state index contributed by atoms with van der Waals surface area (Å²) in [7, 11) is 0. The number of fused-ring (bicyclic) bond motifs is 2. The van der Waals surface area contributed by atoms with Crippen molar-refractivity contribution < 1.29 is 13.9 Å². The van der Waals surface area contributed by atoms with Crippen LogP contribution in [-0.4, -0.2) is 44.4 Å². The highest BCUT2D eigenvalue weighted by molar-refractivity contribution is 6.01. The predicted molar refractivity (Wildman–Crippen MR) is 113 cm³/mol. The highest BCUT2D eigenvalue weighted by atomic mass is 19.1. The van der Waals surface area contributed by atoms with Crippen molar-refractivity contribution >= 4 is 5.91 Å². The van der Waals surface area contributed by atoms with Crippen LogP contribution in [0, 0.1) is 18.7 Å². The molecule has 6 nitrogen and oxygen atoms in total. The summed E-state index contributed by atoms with van der Waals surface area (Å²) in [5, 5.41) is 0. The molecule has 0 aliphatic carbocycles. The van der Waals surface area contributed by atoms with Gasteiger partial charge in [0.15, 0.2) is 5.82 Å². The van der Waals surface area contributed by atoms with Gasteiger partial charge < -0.3 is 9.64 Å². The first-order valence-electron chi connectivity index (χ1n) is 10.6. The smallest absolute Gasteiger partial charge is 0.258 e. The van der Waals surface area contributed by atoms with Gasteiger partial charge in [-0.15, -0.1) is 0 Å². The molecule has 0 N–H and O–H groups in total. The average Bonchev–Trinajstić information content (AvgIpc) is 3.37. The summed E-state index contributed by atoms with van der Waals surface area (Å²) in [6, 6.07) is 10.3. The summed E-state index contributed by atoms with van der Waals surface area (Å²) in [5.41, 5.74) is 1.55. The van der Waals surface area contributed by atoms with Crippen LogP contribution in [0.5, 0.6) is 5.88 Å². The Labute approximate surface area is 180 Å². The van der Waals surface area contributed by atoms with Crippen LogP contribution in [0.15, 0.2) is 55.0 Å². The number of aryl methyl sites for hydroxylation is 1. The fourth-order valence-corrected chi connectivity index (χ4v) is 4.84. The van der Waals surface area contributed by atoms with Gasteiger partial charge in [0.25, 0.3) is 5.91 Å². The predicted octanol–water partition coefficient (Wildman–Crippen LogP) is 4.06. The van der Waals surface area contributed by atoms with Crippen molar-refractivity contribution in [1.29, 1.82) is 0 Å². The number of nitrogens with zero attached hydrogens (tertiary/aromatic N) is 4. The number of carbonyl (C=O) groups is 1. The maximum atomic E-state index is 14.9. The summed E-state index contributed by atoms with van der Waals surface area (Å²) < 4.78 is 20.8. The largest absolute Gasteiger partial charge is 0.477 e. The van der Waals surface area contributed by atoms with E-state index in [4.69, 9.17) is 4.74 Å². The van der Waals surface area contributed by atoms with Crippen molar-refractivity contribution in [3.8, 4) is 17.3 Å². The third-order valence-electron chi connectivity index (χ3n) is 6.26. The monoisotopic (exact) mass is 418 g/mol. The van der Waals surface area contributed by atoms with Gasteiger partial charge in [0, 0.05) is 48.2 Å². The van der Waals surface area contributed by atoms with E-state index in [0.29, 0.717) is 23.9 Å². The SMILES string of the molecule is Cc1ccc(OCC2CC3CCC2N3C(=O)c2c(F)cccc2-c2ncccn2)nc1. The molecule has 2 aromatic heterocycles. The van der Waals surface area contributed by atoms with Gasteiger partial charge in [-0.1, -0.05) is 18.2 Å². The fraction of sp³-hybridized carbons (Fsp3) is 0.333. The second-order valence-corrected chi connectivity index (χ2v) is 8.23. The van der Waals surface area contributed by atoms with Gasteiger partial charge >= 0.3 is 0 Å². The van der Waals surface area contributed by atoms with Gasteiger partial charge in [-0.25, -0.2) is 19.3 Å². The molecule has 3 unspecified atom stereocenters. The standard InChI is InChI=1S/C24H23FN4O2/c1-15-6-9-21(28-13-15)31-14-16-12-17-7-8-20(16)29(17)24(30)22-18(4-2-5-19(22)25)23-26-10-3-11-27-23/h2-6,9-11,13,16-17,20H,7-8,12,14H2,1H3. The van der Waals surface area contributed by atoms with Crippen LogP contribution in [0.3, 0.4) is 0 Å². The first-order valence-corrected chi connectivity index (χ1v) is 10.6. The second kappa shape index (κ2) is 8.06. The number of amides is 1. The number of carbonyl (C=O) groups excluding carboxylic acids is 1. The Balaban J connectivity index is 1.38. The zero-order chi connectivity index (χ0) is 21.4. The number of hydrogen-bond donors (Lipinski definition) is 0. The molecule has 4 heterocycles. The summed E-state index contributed by atoms with van der Waals surface area (Å²) in [6.07, 6.45) is 7.64. The summed E-state index contributed by atoms with van der Waals surface area (Å²) >= 11 is 0.